The van der Waals surface area contributed by atoms with E-state index in [0.29, 0.717) is 6.54 Å². The number of benzene rings is 1. The minimum Gasteiger partial charge on any atom is -0.365 e. The first kappa shape index (κ1) is 12.5. The van der Waals surface area contributed by atoms with Crippen molar-refractivity contribution in [2.45, 2.75) is 19.9 Å². The van der Waals surface area contributed by atoms with Crippen molar-refractivity contribution in [3.8, 4) is 11.3 Å². The van der Waals surface area contributed by atoms with E-state index < -0.39 is 0 Å². The number of hydrogen-bond donors (Lipinski definition) is 2. The van der Waals surface area contributed by atoms with Gasteiger partial charge in [0.1, 0.15) is 5.82 Å². The third kappa shape index (κ3) is 3.05. The van der Waals surface area contributed by atoms with Crippen molar-refractivity contribution in [2.24, 2.45) is 5.73 Å². The molecule has 0 saturated heterocycles. The molecule has 1 aromatic carbocycles. The Labute approximate surface area is 107 Å². The van der Waals surface area contributed by atoms with Crippen LogP contribution in [0.25, 0.3) is 11.3 Å². The van der Waals surface area contributed by atoms with Crippen LogP contribution in [0.2, 0.25) is 0 Å². The number of nitrogens with one attached hydrogen (secondary N) is 1. The topological polar surface area (TPSA) is 63.8 Å². The number of rotatable bonds is 4. The molecule has 2 aromatic rings. The van der Waals surface area contributed by atoms with E-state index in [1.165, 1.54) is 5.56 Å². The number of nitrogens with two attached hydrogens (primary N) is 1. The van der Waals surface area contributed by atoms with E-state index in [4.69, 9.17) is 5.73 Å². The summed E-state index contributed by atoms with van der Waals surface area (Å²) in [6.07, 6.45) is 0. The number of aryl methyl sites for hydroxylation is 1. The van der Waals surface area contributed by atoms with Gasteiger partial charge in [0.05, 0.1) is 5.69 Å². The molecule has 18 heavy (non-hydrogen) atoms. The maximum absolute atomic E-state index is 5.55. The summed E-state index contributed by atoms with van der Waals surface area (Å²) >= 11 is 0. The Morgan fingerprint density at radius 1 is 1.22 bits per heavy atom. The van der Waals surface area contributed by atoms with Gasteiger partial charge in [0, 0.05) is 18.2 Å². The molecule has 0 spiro atoms. The second-order valence-corrected chi connectivity index (χ2v) is 4.45. The van der Waals surface area contributed by atoms with Gasteiger partial charge >= 0.3 is 0 Å². The Morgan fingerprint density at radius 3 is 2.67 bits per heavy atom. The van der Waals surface area contributed by atoms with Gasteiger partial charge in [-0.15, -0.1) is 10.2 Å². The van der Waals surface area contributed by atoms with Crippen LogP contribution in [-0.2, 0) is 0 Å². The van der Waals surface area contributed by atoms with Gasteiger partial charge in [-0.25, -0.2) is 0 Å². The van der Waals surface area contributed by atoms with Crippen LogP contribution in [0, 0.1) is 6.92 Å². The van der Waals surface area contributed by atoms with Crippen molar-refractivity contribution in [3.05, 3.63) is 42.0 Å². The molecule has 0 aliphatic heterocycles. The Balaban J connectivity index is 2.17. The average molecular weight is 242 g/mol. The summed E-state index contributed by atoms with van der Waals surface area (Å²) in [7, 11) is 0. The van der Waals surface area contributed by atoms with Gasteiger partial charge in [-0.05, 0) is 32.0 Å². The van der Waals surface area contributed by atoms with Crippen LogP contribution >= 0.6 is 0 Å². The fraction of sp³-hybridized carbons (Fsp3) is 0.286. The molecule has 0 bridgehead atoms. The minimum atomic E-state index is 0.198. The zero-order valence-corrected chi connectivity index (χ0v) is 10.7. The fourth-order valence-electron chi connectivity index (χ4n) is 1.68. The molecule has 1 unspecified atom stereocenters. The molecule has 0 amide bonds. The molecule has 2 rings (SSSR count). The van der Waals surface area contributed by atoms with Gasteiger partial charge in [-0.3, -0.25) is 0 Å². The summed E-state index contributed by atoms with van der Waals surface area (Å²) in [5.74, 6) is 0.754. The Hall–Kier alpha value is -1.94. The van der Waals surface area contributed by atoms with Crippen LogP contribution in [0.3, 0.4) is 0 Å². The zero-order valence-electron chi connectivity index (χ0n) is 10.7. The van der Waals surface area contributed by atoms with Gasteiger partial charge in [-0.2, -0.15) is 0 Å². The molecule has 0 aliphatic rings. The molecule has 4 heteroatoms. The van der Waals surface area contributed by atoms with Gasteiger partial charge in [0.25, 0.3) is 0 Å². The van der Waals surface area contributed by atoms with Gasteiger partial charge in [-0.1, -0.05) is 23.8 Å². The Kier molecular flexibility index (Phi) is 3.89. The number of aromatic nitrogens is 2. The lowest BCUT2D eigenvalue weighted by Gasteiger charge is -2.11. The number of nitrogens with zero attached hydrogens (tertiary/aromatic N) is 2. The summed E-state index contributed by atoms with van der Waals surface area (Å²) in [4.78, 5) is 0. The van der Waals surface area contributed by atoms with Gasteiger partial charge in [0.2, 0.25) is 0 Å². The van der Waals surface area contributed by atoms with E-state index >= 15 is 0 Å². The first-order chi connectivity index (χ1) is 8.69. The predicted molar refractivity (Wildman–Crippen MR) is 74.3 cm³/mol. The first-order valence-corrected chi connectivity index (χ1v) is 6.06. The maximum Gasteiger partial charge on any atom is 0.148 e. The van der Waals surface area contributed by atoms with E-state index in [9.17, 15) is 0 Å². The highest BCUT2D eigenvalue weighted by Gasteiger charge is 2.03. The smallest absolute Gasteiger partial charge is 0.148 e. The van der Waals surface area contributed by atoms with Crippen molar-refractivity contribution >= 4 is 5.82 Å². The SMILES string of the molecule is Cc1cccc(-c2ccc(NC(C)CN)nn2)c1. The van der Waals surface area contributed by atoms with Crippen LogP contribution in [0.1, 0.15) is 12.5 Å². The number of hydrogen-bond acceptors (Lipinski definition) is 4. The largest absolute Gasteiger partial charge is 0.365 e. The molecule has 1 heterocycles. The molecule has 3 N–H and O–H groups in total. The molecule has 94 valence electrons. The minimum absolute atomic E-state index is 0.198. The van der Waals surface area contributed by atoms with E-state index in [1.54, 1.807) is 0 Å². The molecule has 0 saturated carbocycles. The molecular weight excluding hydrogens is 224 g/mol. The van der Waals surface area contributed by atoms with Crippen LogP contribution in [0.15, 0.2) is 36.4 Å². The molecule has 4 nitrogen and oxygen atoms in total. The van der Waals surface area contributed by atoms with Crippen molar-refractivity contribution in [2.75, 3.05) is 11.9 Å². The summed E-state index contributed by atoms with van der Waals surface area (Å²) in [5.41, 5.74) is 8.73. The highest BCUT2D eigenvalue weighted by molar-refractivity contribution is 5.60. The number of anilines is 1. The lowest BCUT2D eigenvalue weighted by Crippen LogP contribution is -2.25. The van der Waals surface area contributed by atoms with Crippen LogP contribution in [-0.4, -0.2) is 22.8 Å². The molecule has 0 radical (unpaired) electrons. The first-order valence-electron chi connectivity index (χ1n) is 6.06. The van der Waals surface area contributed by atoms with Crippen LogP contribution in [0.4, 0.5) is 5.82 Å². The second-order valence-electron chi connectivity index (χ2n) is 4.45. The van der Waals surface area contributed by atoms with E-state index in [1.807, 2.05) is 31.2 Å². The van der Waals surface area contributed by atoms with E-state index in [0.717, 1.165) is 17.1 Å². The molecule has 0 fully saturated rings. The highest BCUT2D eigenvalue weighted by Crippen LogP contribution is 2.18. The van der Waals surface area contributed by atoms with Gasteiger partial charge < -0.3 is 11.1 Å². The van der Waals surface area contributed by atoms with E-state index in [2.05, 4.69) is 34.6 Å². The monoisotopic (exact) mass is 242 g/mol. The average Bonchev–Trinajstić information content (AvgIpc) is 2.39. The van der Waals surface area contributed by atoms with Crippen molar-refractivity contribution in [1.29, 1.82) is 0 Å². The molecule has 0 aliphatic carbocycles. The van der Waals surface area contributed by atoms with Crippen molar-refractivity contribution < 1.29 is 0 Å². The Morgan fingerprint density at radius 2 is 2.06 bits per heavy atom. The second kappa shape index (κ2) is 5.60. The quantitative estimate of drug-likeness (QED) is 0.862. The summed E-state index contributed by atoms with van der Waals surface area (Å²) in [6, 6.07) is 12.3. The van der Waals surface area contributed by atoms with Gasteiger partial charge in [0.15, 0.2) is 0 Å². The summed E-state index contributed by atoms with van der Waals surface area (Å²) in [6.45, 7) is 4.65. The lowest BCUT2D eigenvalue weighted by molar-refractivity contribution is 0.792. The zero-order chi connectivity index (χ0) is 13.0. The third-order valence-corrected chi connectivity index (χ3v) is 2.73. The normalized spacial score (nSPS) is 12.2. The van der Waals surface area contributed by atoms with E-state index in [-0.39, 0.29) is 6.04 Å². The predicted octanol–water partition coefficient (Wildman–Crippen LogP) is 2.21. The molecule has 1 atom stereocenters. The molecule has 1 aromatic heterocycles. The third-order valence-electron chi connectivity index (χ3n) is 2.73. The summed E-state index contributed by atoms with van der Waals surface area (Å²) < 4.78 is 0. The van der Waals surface area contributed by atoms with Crippen LogP contribution < -0.4 is 11.1 Å². The summed E-state index contributed by atoms with van der Waals surface area (Å²) in [5, 5.41) is 11.6. The highest BCUT2D eigenvalue weighted by atomic mass is 15.2. The van der Waals surface area contributed by atoms with Crippen LogP contribution in [0.5, 0.6) is 0 Å². The van der Waals surface area contributed by atoms with Crippen molar-refractivity contribution in [3.63, 3.8) is 0 Å². The maximum atomic E-state index is 5.55. The Bertz CT molecular complexity index is 507. The fourth-order valence-corrected chi connectivity index (χ4v) is 1.68. The van der Waals surface area contributed by atoms with Crippen molar-refractivity contribution in [1.82, 2.24) is 10.2 Å². The standard InChI is InChI=1S/C14H18N4/c1-10-4-3-5-12(8-10)13-6-7-14(18-17-13)16-11(2)9-15/h3-8,11H,9,15H2,1-2H3,(H,16,18). The molecular formula is C14H18N4. The lowest BCUT2D eigenvalue weighted by atomic mass is 10.1.